The fourth-order valence-electron chi connectivity index (χ4n) is 2.29. The first-order valence-electron chi connectivity index (χ1n) is 4.75. The second-order valence-corrected chi connectivity index (χ2v) is 4.26. The molecule has 0 radical (unpaired) electrons. The van der Waals surface area contributed by atoms with Gasteiger partial charge in [0, 0.05) is 6.42 Å². The number of hydrogen-bond donors (Lipinski definition) is 3. The van der Waals surface area contributed by atoms with Crippen molar-refractivity contribution in [3.05, 3.63) is 0 Å². The summed E-state index contributed by atoms with van der Waals surface area (Å²) in [6.07, 6.45) is 3.48. The Bertz CT molecular complexity index is 196. The van der Waals surface area contributed by atoms with E-state index in [-0.39, 0.29) is 11.3 Å². The number of hydroxylamine groups is 1. The molecule has 0 aromatic heterocycles. The van der Waals surface area contributed by atoms with Crippen molar-refractivity contribution in [2.24, 2.45) is 17.1 Å². The van der Waals surface area contributed by atoms with Gasteiger partial charge in [-0.3, -0.25) is 10.0 Å². The van der Waals surface area contributed by atoms with Crippen LogP contribution in [0.4, 0.5) is 0 Å². The molecule has 0 aliphatic heterocycles. The van der Waals surface area contributed by atoms with Gasteiger partial charge in [0.2, 0.25) is 5.91 Å². The molecule has 0 heterocycles. The molecule has 4 heteroatoms. The lowest BCUT2D eigenvalue weighted by Crippen LogP contribution is -2.34. The zero-order valence-corrected chi connectivity index (χ0v) is 8.05. The maximum Gasteiger partial charge on any atom is 0.243 e. The fraction of sp³-hybridized carbons (Fsp3) is 0.889. The van der Waals surface area contributed by atoms with E-state index in [0.717, 1.165) is 19.3 Å². The molecule has 0 aromatic rings. The average Bonchev–Trinajstić information content (AvgIpc) is 2.48. The summed E-state index contributed by atoms with van der Waals surface area (Å²) in [5.74, 6) is 0.328. The molecule has 0 spiro atoms. The van der Waals surface area contributed by atoms with E-state index in [1.807, 2.05) is 0 Å². The van der Waals surface area contributed by atoms with Crippen LogP contribution in [0.3, 0.4) is 0 Å². The quantitative estimate of drug-likeness (QED) is 0.447. The molecule has 2 atom stereocenters. The third-order valence-electron chi connectivity index (χ3n) is 3.04. The van der Waals surface area contributed by atoms with Crippen LogP contribution < -0.4 is 11.2 Å². The van der Waals surface area contributed by atoms with Crippen molar-refractivity contribution >= 4 is 5.91 Å². The normalized spacial score (nSPS) is 33.3. The van der Waals surface area contributed by atoms with Gasteiger partial charge in [-0.2, -0.15) is 0 Å². The van der Waals surface area contributed by atoms with Gasteiger partial charge in [-0.25, -0.2) is 5.48 Å². The Balaban J connectivity index is 2.55. The van der Waals surface area contributed by atoms with E-state index in [1.165, 1.54) is 0 Å². The molecule has 1 rings (SSSR count). The van der Waals surface area contributed by atoms with Crippen LogP contribution in [0.25, 0.3) is 0 Å². The summed E-state index contributed by atoms with van der Waals surface area (Å²) in [5.41, 5.74) is 7.28. The third-order valence-corrected chi connectivity index (χ3v) is 3.04. The Morgan fingerprint density at radius 3 is 2.85 bits per heavy atom. The summed E-state index contributed by atoms with van der Waals surface area (Å²) >= 11 is 0. The highest BCUT2D eigenvalue weighted by Crippen LogP contribution is 2.43. The molecule has 4 N–H and O–H groups in total. The Morgan fingerprint density at radius 1 is 1.77 bits per heavy atom. The van der Waals surface area contributed by atoms with Gasteiger partial charge in [-0.05, 0) is 30.7 Å². The van der Waals surface area contributed by atoms with E-state index in [4.69, 9.17) is 10.9 Å². The van der Waals surface area contributed by atoms with Crippen LogP contribution in [0.1, 0.15) is 32.6 Å². The number of amides is 1. The van der Waals surface area contributed by atoms with Crippen molar-refractivity contribution in [2.45, 2.75) is 32.6 Å². The van der Waals surface area contributed by atoms with E-state index in [0.29, 0.717) is 18.9 Å². The third kappa shape index (κ3) is 2.42. The Hall–Kier alpha value is -0.610. The van der Waals surface area contributed by atoms with Crippen LogP contribution in [-0.4, -0.2) is 17.7 Å². The first kappa shape index (κ1) is 10.5. The van der Waals surface area contributed by atoms with E-state index >= 15 is 0 Å². The minimum Gasteiger partial charge on any atom is -0.330 e. The van der Waals surface area contributed by atoms with Crippen molar-refractivity contribution in [2.75, 3.05) is 6.54 Å². The van der Waals surface area contributed by atoms with Crippen LogP contribution >= 0.6 is 0 Å². The van der Waals surface area contributed by atoms with Crippen LogP contribution in [0, 0.1) is 11.3 Å². The maximum atomic E-state index is 11.0. The van der Waals surface area contributed by atoms with Crippen molar-refractivity contribution in [3.63, 3.8) is 0 Å². The summed E-state index contributed by atoms with van der Waals surface area (Å²) in [4.78, 5) is 11.0. The summed E-state index contributed by atoms with van der Waals surface area (Å²) in [6, 6.07) is 0. The average molecular weight is 186 g/mol. The lowest BCUT2D eigenvalue weighted by molar-refractivity contribution is -0.131. The highest BCUT2D eigenvalue weighted by Gasteiger charge is 2.37. The highest BCUT2D eigenvalue weighted by molar-refractivity contribution is 5.75. The number of hydrogen-bond acceptors (Lipinski definition) is 3. The van der Waals surface area contributed by atoms with Gasteiger partial charge >= 0.3 is 0 Å². The predicted octanol–water partition coefficient (Wildman–Crippen LogP) is 0.647. The van der Waals surface area contributed by atoms with E-state index in [1.54, 1.807) is 5.48 Å². The molecule has 4 nitrogen and oxygen atoms in total. The number of carbonyl (C=O) groups excluding carboxylic acids is 1. The standard InChI is InChI=1S/C9H18N2O2/c1-7-2-3-9(4-7,6-10)5-8(12)11-13/h7,13H,2-6,10H2,1H3,(H,11,12)/t7-,9-/m1/s1. The van der Waals surface area contributed by atoms with Crippen LogP contribution in [0.2, 0.25) is 0 Å². The van der Waals surface area contributed by atoms with Gasteiger partial charge < -0.3 is 5.73 Å². The number of rotatable bonds is 3. The van der Waals surface area contributed by atoms with Crippen molar-refractivity contribution < 1.29 is 10.0 Å². The van der Waals surface area contributed by atoms with Gasteiger partial charge in [-0.1, -0.05) is 13.3 Å². The first-order valence-corrected chi connectivity index (χ1v) is 4.75. The second kappa shape index (κ2) is 4.07. The van der Waals surface area contributed by atoms with Crippen LogP contribution in [0.15, 0.2) is 0 Å². The molecule has 1 saturated carbocycles. The Labute approximate surface area is 78.5 Å². The fourth-order valence-corrected chi connectivity index (χ4v) is 2.29. The van der Waals surface area contributed by atoms with Gasteiger partial charge in [0.05, 0.1) is 0 Å². The lowest BCUT2D eigenvalue weighted by Gasteiger charge is -2.26. The van der Waals surface area contributed by atoms with Crippen LogP contribution in [0.5, 0.6) is 0 Å². The minimum absolute atomic E-state index is 0.0633. The molecule has 13 heavy (non-hydrogen) atoms. The Morgan fingerprint density at radius 2 is 2.46 bits per heavy atom. The minimum atomic E-state index is -0.320. The van der Waals surface area contributed by atoms with Gasteiger partial charge in [0.15, 0.2) is 0 Å². The largest absolute Gasteiger partial charge is 0.330 e. The second-order valence-electron chi connectivity index (χ2n) is 4.26. The molecular formula is C9H18N2O2. The number of nitrogens with two attached hydrogens (primary N) is 1. The first-order chi connectivity index (χ1) is 6.12. The zero-order valence-electron chi connectivity index (χ0n) is 8.05. The number of nitrogens with one attached hydrogen (secondary N) is 1. The summed E-state index contributed by atoms with van der Waals surface area (Å²) in [6.45, 7) is 2.71. The van der Waals surface area contributed by atoms with Gasteiger partial charge in [-0.15, -0.1) is 0 Å². The highest BCUT2D eigenvalue weighted by atomic mass is 16.5. The molecule has 1 aliphatic rings. The molecule has 76 valence electrons. The summed E-state index contributed by atoms with van der Waals surface area (Å²) in [7, 11) is 0. The van der Waals surface area contributed by atoms with E-state index in [9.17, 15) is 4.79 Å². The van der Waals surface area contributed by atoms with Gasteiger partial charge in [0.1, 0.15) is 0 Å². The van der Waals surface area contributed by atoms with Crippen molar-refractivity contribution in [1.82, 2.24) is 5.48 Å². The monoisotopic (exact) mass is 186 g/mol. The summed E-state index contributed by atoms with van der Waals surface area (Å²) in [5, 5.41) is 8.43. The van der Waals surface area contributed by atoms with E-state index in [2.05, 4.69) is 6.92 Å². The molecule has 0 bridgehead atoms. The van der Waals surface area contributed by atoms with Crippen LogP contribution in [-0.2, 0) is 4.79 Å². The SMILES string of the molecule is C[C@@H]1CC[C@](CN)(CC(=O)NO)C1. The molecular weight excluding hydrogens is 168 g/mol. The lowest BCUT2D eigenvalue weighted by atomic mass is 9.82. The predicted molar refractivity (Wildman–Crippen MR) is 49.0 cm³/mol. The Kier molecular flexibility index (Phi) is 3.27. The molecule has 1 amide bonds. The molecule has 1 fully saturated rings. The molecule has 0 unspecified atom stereocenters. The maximum absolute atomic E-state index is 11.0. The van der Waals surface area contributed by atoms with Crippen molar-refractivity contribution in [3.8, 4) is 0 Å². The zero-order chi connectivity index (χ0) is 9.90. The molecule has 1 aliphatic carbocycles. The topological polar surface area (TPSA) is 75.4 Å². The smallest absolute Gasteiger partial charge is 0.243 e. The molecule has 0 saturated heterocycles. The number of carbonyl (C=O) groups is 1. The molecule has 0 aromatic carbocycles. The van der Waals surface area contributed by atoms with Crippen molar-refractivity contribution in [1.29, 1.82) is 0 Å². The summed E-state index contributed by atoms with van der Waals surface area (Å²) < 4.78 is 0. The van der Waals surface area contributed by atoms with Gasteiger partial charge in [0.25, 0.3) is 0 Å². The van der Waals surface area contributed by atoms with E-state index < -0.39 is 0 Å².